The summed E-state index contributed by atoms with van der Waals surface area (Å²) < 4.78 is 0. The van der Waals surface area contributed by atoms with E-state index < -0.39 is 0 Å². The van der Waals surface area contributed by atoms with E-state index in [-0.39, 0.29) is 0 Å². The first-order valence-corrected chi connectivity index (χ1v) is 4.75. The first kappa shape index (κ1) is 9.53. The SMILES string of the molecule is Cc1cc(CCCCl)cnc1C. The quantitative estimate of drug-likeness (QED) is 0.657. The third kappa shape index (κ3) is 2.49. The molecular formula is C10H14ClN. The normalized spacial score (nSPS) is 10.2. The zero-order valence-corrected chi connectivity index (χ0v) is 8.36. The Morgan fingerprint density at radius 1 is 1.42 bits per heavy atom. The number of hydrogen-bond donors (Lipinski definition) is 0. The predicted octanol–water partition coefficient (Wildman–Crippen LogP) is 2.87. The van der Waals surface area contributed by atoms with Crippen LogP contribution in [0.15, 0.2) is 12.3 Å². The van der Waals surface area contributed by atoms with Crippen molar-refractivity contribution in [2.75, 3.05) is 5.88 Å². The number of rotatable bonds is 3. The molecule has 2 heteroatoms. The predicted molar refractivity (Wildman–Crippen MR) is 52.8 cm³/mol. The maximum Gasteiger partial charge on any atom is 0.0401 e. The molecule has 1 rings (SSSR count). The minimum absolute atomic E-state index is 0.729. The molecule has 0 spiro atoms. The van der Waals surface area contributed by atoms with Crippen molar-refractivity contribution in [1.82, 2.24) is 4.98 Å². The molecule has 1 aromatic rings. The summed E-state index contributed by atoms with van der Waals surface area (Å²) in [6.45, 7) is 4.12. The molecule has 0 aromatic carbocycles. The molecule has 1 aromatic heterocycles. The monoisotopic (exact) mass is 183 g/mol. The molecule has 0 aliphatic heterocycles. The third-order valence-electron chi connectivity index (χ3n) is 2.00. The summed E-state index contributed by atoms with van der Waals surface area (Å²) >= 11 is 5.60. The van der Waals surface area contributed by atoms with Crippen LogP contribution in [0.1, 0.15) is 23.2 Å². The molecule has 0 atom stereocenters. The van der Waals surface area contributed by atoms with Gasteiger partial charge in [0.05, 0.1) is 0 Å². The molecule has 0 aliphatic rings. The summed E-state index contributed by atoms with van der Waals surface area (Å²) in [6.07, 6.45) is 4.01. The highest BCUT2D eigenvalue weighted by molar-refractivity contribution is 6.17. The number of alkyl halides is 1. The molecular weight excluding hydrogens is 170 g/mol. The van der Waals surface area contributed by atoms with Gasteiger partial charge in [0.25, 0.3) is 0 Å². The van der Waals surface area contributed by atoms with E-state index >= 15 is 0 Å². The van der Waals surface area contributed by atoms with Gasteiger partial charge in [-0.15, -0.1) is 11.6 Å². The lowest BCUT2D eigenvalue weighted by atomic mass is 10.1. The second-order valence-corrected chi connectivity index (χ2v) is 3.42. The van der Waals surface area contributed by atoms with E-state index in [1.807, 2.05) is 13.1 Å². The van der Waals surface area contributed by atoms with Crippen molar-refractivity contribution in [3.63, 3.8) is 0 Å². The van der Waals surface area contributed by atoms with Gasteiger partial charge in [-0.1, -0.05) is 6.07 Å². The highest BCUT2D eigenvalue weighted by Gasteiger charge is 1.96. The van der Waals surface area contributed by atoms with Gasteiger partial charge < -0.3 is 0 Å². The van der Waals surface area contributed by atoms with Crippen molar-refractivity contribution >= 4 is 11.6 Å². The van der Waals surface area contributed by atoms with Gasteiger partial charge in [0, 0.05) is 17.8 Å². The van der Waals surface area contributed by atoms with E-state index in [2.05, 4.69) is 18.0 Å². The summed E-state index contributed by atoms with van der Waals surface area (Å²) in [4.78, 5) is 4.29. The van der Waals surface area contributed by atoms with Gasteiger partial charge in [0.2, 0.25) is 0 Å². The van der Waals surface area contributed by atoms with Crippen LogP contribution in [0.25, 0.3) is 0 Å². The Bertz CT molecular complexity index is 258. The van der Waals surface area contributed by atoms with Crippen LogP contribution in [-0.2, 0) is 6.42 Å². The Kier molecular flexibility index (Phi) is 3.54. The van der Waals surface area contributed by atoms with Gasteiger partial charge in [-0.2, -0.15) is 0 Å². The average Bonchev–Trinajstić information content (AvgIpc) is 2.07. The molecule has 0 unspecified atom stereocenters. The van der Waals surface area contributed by atoms with E-state index in [0.717, 1.165) is 24.4 Å². The summed E-state index contributed by atoms with van der Waals surface area (Å²) in [6, 6.07) is 2.19. The molecule has 0 amide bonds. The summed E-state index contributed by atoms with van der Waals surface area (Å²) in [5, 5.41) is 0. The Morgan fingerprint density at radius 3 is 2.75 bits per heavy atom. The largest absolute Gasteiger partial charge is 0.261 e. The molecule has 0 N–H and O–H groups in total. The minimum atomic E-state index is 0.729. The second kappa shape index (κ2) is 4.46. The molecule has 0 fully saturated rings. The number of aryl methyl sites for hydroxylation is 3. The van der Waals surface area contributed by atoms with Crippen LogP contribution in [0.3, 0.4) is 0 Å². The molecule has 0 saturated carbocycles. The van der Waals surface area contributed by atoms with Crippen LogP contribution in [-0.4, -0.2) is 10.9 Å². The zero-order valence-electron chi connectivity index (χ0n) is 7.60. The van der Waals surface area contributed by atoms with Crippen molar-refractivity contribution in [3.05, 3.63) is 29.1 Å². The second-order valence-electron chi connectivity index (χ2n) is 3.04. The Hall–Kier alpha value is -0.560. The standard InChI is InChI=1S/C10H14ClN/c1-8-6-10(4-3-5-11)7-12-9(8)2/h6-7H,3-5H2,1-2H3. The molecule has 12 heavy (non-hydrogen) atoms. The number of nitrogens with zero attached hydrogens (tertiary/aromatic N) is 1. The fourth-order valence-electron chi connectivity index (χ4n) is 1.11. The molecule has 1 heterocycles. The fraction of sp³-hybridized carbons (Fsp3) is 0.500. The number of pyridine rings is 1. The lowest BCUT2D eigenvalue weighted by Crippen LogP contribution is -1.92. The number of halogens is 1. The average molecular weight is 184 g/mol. The van der Waals surface area contributed by atoms with Gasteiger partial charge in [0.1, 0.15) is 0 Å². The van der Waals surface area contributed by atoms with Crippen LogP contribution >= 0.6 is 11.6 Å². The summed E-state index contributed by atoms with van der Waals surface area (Å²) in [5.74, 6) is 0.729. The topological polar surface area (TPSA) is 12.9 Å². The van der Waals surface area contributed by atoms with E-state index in [0.29, 0.717) is 0 Å². The molecule has 0 radical (unpaired) electrons. The minimum Gasteiger partial charge on any atom is -0.261 e. The Morgan fingerprint density at radius 2 is 2.17 bits per heavy atom. The van der Waals surface area contributed by atoms with E-state index in [1.165, 1.54) is 11.1 Å². The van der Waals surface area contributed by atoms with E-state index in [4.69, 9.17) is 11.6 Å². The fourth-order valence-corrected chi connectivity index (χ4v) is 1.24. The van der Waals surface area contributed by atoms with E-state index in [9.17, 15) is 0 Å². The maximum atomic E-state index is 5.60. The van der Waals surface area contributed by atoms with E-state index in [1.54, 1.807) is 0 Å². The lowest BCUT2D eigenvalue weighted by molar-refractivity contribution is 0.913. The Labute approximate surface area is 78.8 Å². The number of hydrogen-bond acceptors (Lipinski definition) is 1. The van der Waals surface area contributed by atoms with Gasteiger partial charge >= 0.3 is 0 Å². The van der Waals surface area contributed by atoms with Crippen LogP contribution in [0.5, 0.6) is 0 Å². The smallest absolute Gasteiger partial charge is 0.0401 e. The summed E-state index contributed by atoms with van der Waals surface area (Å²) in [5.41, 5.74) is 3.67. The van der Waals surface area contributed by atoms with Crippen molar-refractivity contribution < 1.29 is 0 Å². The van der Waals surface area contributed by atoms with Gasteiger partial charge in [-0.3, -0.25) is 4.98 Å². The van der Waals surface area contributed by atoms with Crippen LogP contribution < -0.4 is 0 Å². The van der Waals surface area contributed by atoms with Gasteiger partial charge in [-0.05, 0) is 37.8 Å². The first-order valence-electron chi connectivity index (χ1n) is 4.22. The van der Waals surface area contributed by atoms with Gasteiger partial charge in [-0.25, -0.2) is 0 Å². The maximum absolute atomic E-state index is 5.60. The van der Waals surface area contributed by atoms with Crippen molar-refractivity contribution in [2.45, 2.75) is 26.7 Å². The van der Waals surface area contributed by atoms with Crippen molar-refractivity contribution in [1.29, 1.82) is 0 Å². The van der Waals surface area contributed by atoms with Crippen LogP contribution in [0, 0.1) is 13.8 Å². The number of aromatic nitrogens is 1. The highest BCUT2D eigenvalue weighted by Crippen LogP contribution is 2.08. The molecule has 66 valence electrons. The van der Waals surface area contributed by atoms with Crippen LogP contribution in [0.4, 0.5) is 0 Å². The molecule has 0 aliphatic carbocycles. The lowest BCUT2D eigenvalue weighted by Gasteiger charge is -2.02. The van der Waals surface area contributed by atoms with Gasteiger partial charge in [0.15, 0.2) is 0 Å². The summed E-state index contributed by atoms with van der Waals surface area (Å²) in [7, 11) is 0. The van der Waals surface area contributed by atoms with Crippen molar-refractivity contribution in [2.24, 2.45) is 0 Å². The van der Waals surface area contributed by atoms with Crippen molar-refractivity contribution in [3.8, 4) is 0 Å². The highest BCUT2D eigenvalue weighted by atomic mass is 35.5. The molecule has 0 saturated heterocycles. The molecule has 0 bridgehead atoms. The Balaban J connectivity index is 2.69. The van der Waals surface area contributed by atoms with Crippen LogP contribution in [0.2, 0.25) is 0 Å². The zero-order chi connectivity index (χ0) is 8.97. The molecule has 1 nitrogen and oxygen atoms in total. The first-order chi connectivity index (χ1) is 5.74. The third-order valence-corrected chi connectivity index (χ3v) is 2.26.